The average molecular weight is 258 g/mol. The Balaban J connectivity index is 2.26. The zero-order valence-corrected chi connectivity index (χ0v) is 11.1. The molecule has 1 aliphatic rings. The van der Waals surface area contributed by atoms with E-state index >= 15 is 0 Å². The van der Waals surface area contributed by atoms with Gasteiger partial charge in [0.15, 0.2) is 5.84 Å². The van der Waals surface area contributed by atoms with Crippen LogP contribution in [0, 0.1) is 19.3 Å². The Morgan fingerprint density at radius 1 is 1.56 bits per heavy atom. The molecule has 1 atom stereocenters. The maximum absolute atomic E-state index is 5.46. The van der Waals surface area contributed by atoms with Crippen LogP contribution >= 0.6 is 11.8 Å². The molecular weight excluding hydrogens is 244 g/mol. The van der Waals surface area contributed by atoms with Gasteiger partial charge in [0.2, 0.25) is 6.23 Å². The second-order valence-electron chi connectivity index (χ2n) is 3.82. The third-order valence-electron chi connectivity index (χ3n) is 2.61. The van der Waals surface area contributed by atoms with Gasteiger partial charge in [0.25, 0.3) is 0 Å². The van der Waals surface area contributed by atoms with Crippen molar-refractivity contribution in [3.63, 3.8) is 0 Å². The SMILES string of the molecule is C#C/C(=C\SC)C1=NC(c2ccccc2C)ON1. The number of hydroxylamine groups is 1. The average Bonchev–Trinajstić information content (AvgIpc) is 2.85. The van der Waals surface area contributed by atoms with Crippen LogP contribution in [0.3, 0.4) is 0 Å². The van der Waals surface area contributed by atoms with Crippen molar-refractivity contribution in [1.82, 2.24) is 5.48 Å². The third-order valence-corrected chi connectivity index (χ3v) is 3.09. The van der Waals surface area contributed by atoms with E-state index in [0.717, 1.165) is 11.1 Å². The summed E-state index contributed by atoms with van der Waals surface area (Å²) < 4.78 is 0. The molecule has 1 aliphatic heterocycles. The Morgan fingerprint density at radius 2 is 2.33 bits per heavy atom. The highest BCUT2D eigenvalue weighted by molar-refractivity contribution is 8.01. The Bertz CT molecular complexity index is 543. The van der Waals surface area contributed by atoms with Crippen molar-refractivity contribution in [2.45, 2.75) is 13.2 Å². The first-order valence-electron chi connectivity index (χ1n) is 5.51. The van der Waals surface area contributed by atoms with E-state index in [1.165, 1.54) is 0 Å². The number of hydrogen-bond acceptors (Lipinski definition) is 4. The number of aliphatic imine (C=N–C) groups is 1. The van der Waals surface area contributed by atoms with Crippen LogP contribution in [0.25, 0.3) is 0 Å². The van der Waals surface area contributed by atoms with Gasteiger partial charge in [0.05, 0.1) is 5.57 Å². The van der Waals surface area contributed by atoms with Gasteiger partial charge < -0.3 is 0 Å². The molecule has 1 heterocycles. The molecule has 0 aliphatic carbocycles. The molecule has 1 aromatic rings. The number of thioether (sulfide) groups is 1. The van der Waals surface area contributed by atoms with E-state index in [0.29, 0.717) is 11.4 Å². The normalized spacial score (nSPS) is 19.1. The largest absolute Gasteiger partial charge is 0.245 e. The fourth-order valence-electron chi connectivity index (χ4n) is 1.68. The van der Waals surface area contributed by atoms with Gasteiger partial charge >= 0.3 is 0 Å². The highest BCUT2D eigenvalue weighted by Crippen LogP contribution is 2.25. The van der Waals surface area contributed by atoms with Gasteiger partial charge in [-0.3, -0.25) is 0 Å². The number of hydrogen-bond donors (Lipinski definition) is 1. The zero-order chi connectivity index (χ0) is 13.0. The van der Waals surface area contributed by atoms with Crippen LogP contribution in [-0.2, 0) is 4.84 Å². The van der Waals surface area contributed by atoms with Gasteiger partial charge in [-0.05, 0) is 24.2 Å². The molecule has 1 unspecified atom stereocenters. The predicted molar refractivity (Wildman–Crippen MR) is 76.0 cm³/mol. The summed E-state index contributed by atoms with van der Waals surface area (Å²) in [5.74, 6) is 3.21. The van der Waals surface area contributed by atoms with Crippen molar-refractivity contribution in [1.29, 1.82) is 0 Å². The predicted octanol–water partition coefficient (Wildman–Crippen LogP) is 2.81. The van der Waals surface area contributed by atoms with Crippen LogP contribution in [0.5, 0.6) is 0 Å². The lowest BCUT2D eigenvalue weighted by Gasteiger charge is -2.08. The monoisotopic (exact) mass is 258 g/mol. The molecule has 0 bridgehead atoms. The maximum atomic E-state index is 5.46. The Labute approximate surface area is 111 Å². The van der Waals surface area contributed by atoms with E-state index in [1.807, 2.05) is 42.9 Å². The Morgan fingerprint density at radius 3 is 3.00 bits per heavy atom. The van der Waals surface area contributed by atoms with Gasteiger partial charge in [0.1, 0.15) is 0 Å². The molecule has 0 amide bonds. The topological polar surface area (TPSA) is 33.6 Å². The lowest BCUT2D eigenvalue weighted by Crippen LogP contribution is -2.18. The molecule has 92 valence electrons. The molecule has 4 heteroatoms. The quantitative estimate of drug-likeness (QED) is 0.846. The van der Waals surface area contributed by atoms with Gasteiger partial charge in [0, 0.05) is 5.56 Å². The van der Waals surface area contributed by atoms with Crippen molar-refractivity contribution >= 4 is 17.6 Å². The van der Waals surface area contributed by atoms with Crippen LogP contribution in [0.1, 0.15) is 17.4 Å². The number of terminal acetylenes is 1. The smallest absolute Gasteiger partial charge is 0.203 e. The summed E-state index contributed by atoms with van der Waals surface area (Å²) in [7, 11) is 0. The third kappa shape index (κ3) is 2.58. The van der Waals surface area contributed by atoms with Crippen LogP contribution in [0.2, 0.25) is 0 Å². The number of benzene rings is 1. The fourth-order valence-corrected chi connectivity index (χ4v) is 2.09. The maximum Gasteiger partial charge on any atom is 0.203 e. The lowest BCUT2D eigenvalue weighted by atomic mass is 10.1. The van der Waals surface area contributed by atoms with Crippen LogP contribution in [0.4, 0.5) is 0 Å². The van der Waals surface area contributed by atoms with Crippen molar-refractivity contribution in [3.8, 4) is 12.3 Å². The van der Waals surface area contributed by atoms with E-state index in [1.54, 1.807) is 11.8 Å². The minimum absolute atomic E-state index is 0.334. The van der Waals surface area contributed by atoms with Gasteiger partial charge in [-0.15, -0.1) is 18.2 Å². The molecule has 3 nitrogen and oxygen atoms in total. The van der Waals surface area contributed by atoms with Crippen LogP contribution in [0.15, 0.2) is 40.2 Å². The number of aryl methyl sites for hydroxylation is 1. The molecule has 2 rings (SSSR count). The summed E-state index contributed by atoms with van der Waals surface area (Å²) in [6.45, 7) is 2.03. The summed E-state index contributed by atoms with van der Waals surface area (Å²) >= 11 is 1.54. The Kier molecular flexibility index (Phi) is 4.08. The molecular formula is C14H14N2OS. The fraction of sp³-hybridized carbons (Fsp3) is 0.214. The summed E-state index contributed by atoms with van der Waals surface area (Å²) in [4.78, 5) is 9.93. The van der Waals surface area contributed by atoms with E-state index in [4.69, 9.17) is 11.3 Å². The van der Waals surface area contributed by atoms with Gasteiger partial charge in [-0.25, -0.2) is 15.3 Å². The molecule has 0 fully saturated rings. The number of nitrogens with zero attached hydrogens (tertiary/aromatic N) is 1. The highest BCUT2D eigenvalue weighted by Gasteiger charge is 2.22. The summed E-state index contributed by atoms with van der Waals surface area (Å²) in [6, 6.07) is 8.00. The minimum Gasteiger partial charge on any atom is -0.245 e. The first-order chi connectivity index (χ1) is 8.76. The molecule has 0 saturated heterocycles. The van der Waals surface area contributed by atoms with Crippen LogP contribution < -0.4 is 5.48 Å². The molecule has 0 radical (unpaired) electrons. The number of amidine groups is 1. The lowest BCUT2D eigenvalue weighted by molar-refractivity contribution is 0.0373. The van der Waals surface area contributed by atoms with Crippen molar-refractivity contribution < 1.29 is 4.84 Å². The first kappa shape index (κ1) is 12.7. The van der Waals surface area contributed by atoms with Crippen LogP contribution in [-0.4, -0.2) is 12.1 Å². The molecule has 0 saturated carbocycles. The number of nitrogens with one attached hydrogen (secondary N) is 1. The standard InChI is InChI=1S/C14H14N2OS/c1-4-11(9-18-3)13-15-14(17-16-13)12-8-6-5-7-10(12)2/h1,5-9,14H,2-3H3,(H,15,16)/b11-9+. The molecule has 1 aromatic carbocycles. The zero-order valence-electron chi connectivity index (χ0n) is 10.3. The molecule has 18 heavy (non-hydrogen) atoms. The Hall–Kier alpha value is -1.70. The van der Waals surface area contributed by atoms with Gasteiger partial charge in [-0.1, -0.05) is 30.2 Å². The molecule has 0 aromatic heterocycles. The summed E-state index contributed by atoms with van der Waals surface area (Å²) in [5, 5.41) is 1.87. The number of rotatable bonds is 3. The van der Waals surface area contributed by atoms with E-state index in [-0.39, 0.29) is 6.23 Å². The first-order valence-corrected chi connectivity index (χ1v) is 6.80. The summed E-state index contributed by atoms with van der Waals surface area (Å²) in [6.07, 6.45) is 7.06. The van der Waals surface area contributed by atoms with Crippen molar-refractivity contribution in [3.05, 3.63) is 46.4 Å². The second-order valence-corrected chi connectivity index (χ2v) is 4.53. The van der Waals surface area contributed by atoms with E-state index in [2.05, 4.69) is 16.4 Å². The van der Waals surface area contributed by atoms with Crippen molar-refractivity contribution in [2.75, 3.05) is 6.26 Å². The van der Waals surface area contributed by atoms with E-state index in [9.17, 15) is 0 Å². The second kappa shape index (κ2) is 5.76. The van der Waals surface area contributed by atoms with Gasteiger partial charge in [-0.2, -0.15) is 0 Å². The highest BCUT2D eigenvalue weighted by atomic mass is 32.2. The van der Waals surface area contributed by atoms with Crippen molar-refractivity contribution in [2.24, 2.45) is 4.99 Å². The molecule has 0 spiro atoms. The summed E-state index contributed by atoms with van der Waals surface area (Å²) in [5.41, 5.74) is 5.69. The molecule has 1 N–H and O–H groups in total. The van der Waals surface area contributed by atoms with E-state index < -0.39 is 0 Å². The minimum atomic E-state index is -0.334.